The number of hydrogen-bond acceptors (Lipinski definition) is 4. The summed E-state index contributed by atoms with van der Waals surface area (Å²) in [6.07, 6.45) is 2.14. The Kier molecular flexibility index (Phi) is 4.44. The van der Waals surface area contributed by atoms with Crippen LogP contribution in [0.4, 0.5) is 0 Å². The monoisotopic (exact) mass is 338 g/mol. The lowest BCUT2D eigenvalue weighted by Gasteiger charge is -2.48. The van der Waals surface area contributed by atoms with Crippen molar-refractivity contribution >= 4 is 0 Å². The quantitative estimate of drug-likeness (QED) is 0.479. The molecule has 2 bridgehead atoms. The predicted octanol–water partition coefficient (Wildman–Crippen LogP) is 2.94. The SMILES string of the molecule is COCCOCOC12C(CO)=CC(c3ccccc31)c1ccccc12. The fourth-order valence-electron chi connectivity index (χ4n) is 4.08. The normalized spacial score (nSPS) is 23.1. The number of benzene rings is 2. The highest BCUT2D eigenvalue weighted by molar-refractivity contribution is 5.65. The largest absolute Gasteiger partial charge is 0.392 e. The summed E-state index contributed by atoms with van der Waals surface area (Å²) < 4.78 is 17.0. The third kappa shape index (κ3) is 2.45. The maximum absolute atomic E-state index is 10.1. The fourth-order valence-corrected chi connectivity index (χ4v) is 4.08. The van der Waals surface area contributed by atoms with Crippen LogP contribution in [-0.4, -0.2) is 38.8 Å². The van der Waals surface area contributed by atoms with E-state index in [4.69, 9.17) is 14.2 Å². The van der Waals surface area contributed by atoms with Crippen LogP contribution < -0.4 is 0 Å². The van der Waals surface area contributed by atoms with Crippen LogP contribution in [-0.2, 0) is 19.8 Å². The highest BCUT2D eigenvalue weighted by Crippen LogP contribution is 2.56. The molecule has 0 fully saturated rings. The molecule has 0 amide bonds. The van der Waals surface area contributed by atoms with Crippen LogP contribution in [0.2, 0.25) is 0 Å². The molecule has 0 atom stereocenters. The Morgan fingerprint density at radius 2 is 1.60 bits per heavy atom. The Morgan fingerprint density at radius 1 is 0.960 bits per heavy atom. The van der Waals surface area contributed by atoms with Gasteiger partial charge in [-0.3, -0.25) is 0 Å². The summed E-state index contributed by atoms with van der Waals surface area (Å²) in [5.74, 6) is 0.162. The number of methoxy groups -OCH3 is 1. The van der Waals surface area contributed by atoms with Gasteiger partial charge in [0.1, 0.15) is 12.4 Å². The summed E-state index contributed by atoms with van der Waals surface area (Å²) in [7, 11) is 1.64. The summed E-state index contributed by atoms with van der Waals surface area (Å²) in [5, 5.41) is 10.1. The van der Waals surface area contributed by atoms with Crippen molar-refractivity contribution in [3.8, 4) is 0 Å². The minimum Gasteiger partial charge on any atom is -0.392 e. The number of allylic oxidation sites excluding steroid dienone is 1. The van der Waals surface area contributed by atoms with Gasteiger partial charge in [-0.25, -0.2) is 0 Å². The molecule has 0 aromatic heterocycles. The van der Waals surface area contributed by atoms with Gasteiger partial charge in [-0.15, -0.1) is 0 Å². The zero-order chi connectivity index (χ0) is 17.3. The Morgan fingerprint density at radius 3 is 2.20 bits per heavy atom. The molecular weight excluding hydrogens is 316 g/mol. The van der Waals surface area contributed by atoms with Crippen molar-refractivity contribution in [3.63, 3.8) is 0 Å². The topological polar surface area (TPSA) is 47.9 Å². The second-order valence-corrected chi connectivity index (χ2v) is 6.35. The maximum Gasteiger partial charge on any atom is 0.148 e. The van der Waals surface area contributed by atoms with Crippen molar-refractivity contribution in [3.05, 3.63) is 82.4 Å². The van der Waals surface area contributed by atoms with Crippen molar-refractivity contribution in [2.45, 2.75) is 11.5 Å². The van der Waals surface area contributed by atoms with E-state index in [2.05, 4.69) is 42.5 Å². The van der Waals surface area contributed by atoms with Gasteiger partial charge < -0.3 is 19.3 Å². The van der Waals surface area contributed by atoms with Crippen LogP contribution in [0.1, 0.15) is 28.2 Å². The van der Waals surface area contributed by atoms with E-state index in [1.165, 1.54) is 11.1 Å². The predicted molar refractivity (Wildman–Crippen MR) is 94.5 cm³/mol. The van der Waals surface area contributed by atoms with Crippen molar-refractivity contribution in [1.82, 2.24) is 0 Å². The molecule has 0 aliphatic heterocycles. The van der Waals surface area contributed by atoms with E-state index in [-0.39, 0.29) is 19.3 Å². The second kappa shape index (κ2) is 6.73. The van der Waals surface area contributed by atoms with E-state index in [1.54, 1.807) is 7.11 Å². The molecule has 5 rings (SSSR count). The van der Waals surface area contributed by atoms with Crippen molar-refractivity contribution < 1.29 is 19.3 Å². The Labute approximate surface area is 147 Å². The third-order valence-corrected chi connectivity index (χ3v) is 5.13. The molecule has 4 heteroatoms. The number of aliphatic hydroxyl groups excluding tert-OH is 1. The number of rotatable bonds is 7. The molecule has 1 N–H and O–H groups in total. The first-order valence-corrected chi connectivity index (χ1v) is 8.54. The van der Waals surface area contributed by atoms with E-state index >= 15 is 0 Å². The van der Waals surface area contributed by atoms with Crippen LogP contribution in [0.5, 0.6) is 0 Å². The summed E-state index contributed by atoms with van der Waals surface area (Å²) in [4.78, 5) is 0. The van der Waals surface area contributed by atoms with Gasteiger partial charge in [0.15, 0.2) is 0 Å². The Bertz CT molecular complexity index is 748. The summed E-state index contributed by atoms with van der Waals surface area (Å²) in [6, 6.07) is 16.6. The fraction of sp³-hybridized carbons (Fsp3) is 0.333. The molecule has 0 spiro atoms. The standard InChI is InChI=1S/C21H22O4/c1-23-10-11-24-14-25-21-15(13-22)12-18(16-6-2-4-8-19(16)21)17-7-3-5-9-20(17)21/h2-9,12,18,22H,10-11,13-14H2,1H3. The first kappa shape index (κ1) is 16.5. The first-order chi connectivity index (χ1) is 12.3. The number of aliphatic hydroxyl groups is 1. The smallest absolute Gasteiger partial charge is 0.148 e. The molecule has 0 unspecified atom stereocenters. The van der Waals surface area contributed by atoms with Gasteiger partial charge >= 0.3 is 0 Å². The van der Waals surface area contributed by atoms with E-state index in [9.17, 15) is 5.11 Å². The molecule has 130 valence electrons. The molecule has 0 heterocycles. The minimum absolute atomic E-state index is 0.0444. The van der Waals surface area contributed by atoms with Crippen molar-refractivity contribution in [1.29, 1.82) is 0 Å². The van der Waals surface area contributed by atoms with Crippen LogP contribution in [0.25, 0.3) is 0 Å². The summed E-state index contributed by atoms with van der Waals surface area (Å²) in [5.41, 5.74) is 4.75. The lowest BCUT2D eigenvalue weighted by Crippen LogP contribution is -2.44. The summed E-state index contributed by atoms with van der Waals surface area (Å²) in [6.45, 7) is 1.08. The molecule has 25 heavy (non-hydrogen) atoms. The average molecular weight is 338 g/mol. The minimum atomic E-state index is -0.788. The Balaban J connectivity index is 1.80. The van der Waals surface area contributed by atoms with Gasteiger partial charge in [0.05, 0.1) is 19.8 Å². The van der Waals surface area contributed by atoms with Gasteiger partial charge in [-0.05, 0) is 27.8 Å². The number of ether oxygens (including phenoxy) is 3. The van der Waals surface area contributed by atoms with Gasteiger partial charge in [0, 0.05) is 13.0 Å². The van der Waals surface area contributed by atoms with E-state index in [0.29, 0.717) is 13.2 Å². The average Bonchev–Trinajstić information content (AvgIpc) is 2.68. The Hall–Kier alpha value is -1.98. The number of hydrogen-bond donors (Lipinski definition) is 1. The van der Waals surface area contributed by atoms with Crippen molar-refractivity contribution in [2.24, 2.45) is 0 Å². The zero-order valence-electron chi connectivity index (χ0n) is 14.3. The van der Waals surface area contributed by atoms with Crippen LogP contribution in [0.3, 0.4) is 0 Å². The lowest BCUT2D eigenvalue weighted by molar-refractivity contribution is -0.125. The first-order valence-electron chi connectivity index (χ1n) is 8.54. The van der Waals surface area contributed by atoms with Crippen LogP contribution in [0, 0.1) is 0 Å². The van der Waals surface area contributed by atoms with Crippen molar-refractivity contribution in [2.75, 3.05) is 33.7 Å². The van der Waals surface area contributed by atoms with Gasteiger partial charge in [0.2, 0.25) is 0 Å². The molecule has 4 nitrogen and oxygen atoms in total. The molecule has 2 aromatic carbocycles. The van der Waals surface area contributed by atoms with Crippen LogP contribution >= 0.6 is 0 Å². The summed E-state index contributed by atoms with van der Waals surface area (Å²) >= 11 is 0. The molecule has 3 aliphatic rings. The highest BCUT2D eigenvalue weighted by atomic mass is 16.7. The lowest BCUT2D eigenvalue weighted by atomic mass is 9.62. The zero-order valence-corrected chi connectivity index (χ0v) is 14.3. The van der Waals surface area contributed by atoms with Gasteiger partial charge in [0.25, 0.3) is 0 Å². The molecule has 0 saturated heterocycles. The van der Waals surface area contributed by atoms with E-state index in [1.807, 2.05) is 12.1 Å². The molecule has 0 saturated carbocycles. The van der Waals surface area contributed by atoms with Gasteiger partial charge in [-0.2, -0.15) is 0 Å². The maximum atomic E-state index is 10.1. The molecular formula is C21H22O4. The van der Waals surface area contributed by atoms with E-state index in [0.717, 1.165) is 16.7 Å². The second-order valence-electron chi connectivity index (χ2n) is 6.35. The third-order valence-electron chi connectivity index (χ3n) is 5.13. The molecule has 0 radical (unpaired) electrons. The van der Waals surface area contributed by atoms with E-state index < -0.39 is 5.60 Å². The molecule has 2 aromatic rings. The highest BCUT2D eigenvalue weighted by Gasteiger charge is 2.50. The molecule has 3 aliphatic carbocycles. The van der Waals surface area contributed by atoms with Gasteiger partial charge in [-0.1, -0.05) is 54.6 Å². The van der Waals surface area contributed by atoms with Crippen LogP contribution in [0.15, 0.2) is 60.2 Å².